The van der Waals surface area contributed by atoms with E-state index in [0.29, 0.717) is 11.5 Å². The van der Waals surface area contributed by atoms with Gasteiger partial charge in [-0.25, -0.2) is 0 Å². The van der Waals surface area contributed by atoms with Crippen LogP contribution in [0, 0.1) is 0 Å². The molecule has 5 nitrogen and oxygen atoms in total. The van der Waals surface area contributed by atoms with E-state index in [1.807, 2.05) is 0 Å². The molecule has 0 spiro atoms. The third kappa shape index (κ3) is 3.21. The number of nitrogens with one attached hydrogen (secondary N) is 1. The predicted molar refractivity (Wildman–Crippen MR) is 60.0 cm³/mol. The van der Waals surface area contributed by atoms with E-state index in [1.54, 1.807) is 0 Å². The molecule has 0 unspecified atom stereocenters. The van der Waals surface area contributed by atoms with Gasteiger partial charge in [-0.2, -0.15) is 13.2 Å². The Morgan fingerprint density at radius 2 is 1.95 bits per heavy atom. The highest BCUT2D eigenvalue weighted by atomic mass is 19.4. The number of fused-ring (bicyclic) bond motifs is 1. The van der Waals surface area contributed by atoms with Gasteiger partial charge in [0, 0.05) is 18.3 Å². The molecule has 2 rings (SSSR count). The molecule has 19 heavy (non-hydrogen) atoms. The van der Waals surface area contributed by atoms with Crippen LogP contribution in [0.15, 0.2) is 12.1 Å². The van der Waals surface area contributed by atoms with Crippen LogP contribution < -0.4 is 20.5 Å². The van der Waals surface area contributed by atoms with Crippen LogP contribution in [-0.2, 0) is 0 Å². The van der Waals surface area contributed by atoms with Crippen LogP contribution in [0.2, 0.25) is 0 Å². The third-order valence-electron chi connectivity index (χ3n) is 2.48. The van der Waals surface area contributed by atoms with Crippen molar-refractivity contribution < 1.29 is 27.4 Å². The summed E-state index contributed by atoms with van der Waals surface area (Å²) in [7, 11) is 0. The normalized spacial score (nSPS) is 13.4. The van der Waals surface area contributed by atoms with Gasteiger partial charge in [0.25, 0.3) is 5.91 Å². The van der Waals surface area contributed by atoms with Crippen molar-refractivity contribution in [2.45, 2.75) is 12.6 Å². The zero-order chi connectivity index (χ0) is 14.0. The third-order valence-corrected chi connectivity index (χ3v) is 2.48. The monoisotopic (exact) mass is 276 g/mol. The topological polar surface area (TPSA) is 73.6 Å². The molecule has 1 aromatic rings. The van der Waals surface area contributed by atoms with Crippen molar-refractivity contribution in [2.24, 2.45) is 0 Å². The Bertz CT molecular complexity index is 503. The van der Waals surface area contributed by atoms with Gasteiger partial charge in [-0.15, -0.1) is 0 Å². The van der Waals surface area contributed by atoms with E-state index in [0.717, 1.165) is 0 Å². The second kappa shape index (κ2) is 4.87. The van der Waals surface area contributed by atoms with E-state index >= 15 is 0 Å². The zero-order valence-electron chi connectivity index (χ0n) is 9.71. The molecule has 0 saturated carbocycles. The maximum Gasteiger partial charge on any atom is 0.390 e. The van der Waals surface area contributed by atoms with Gasteiger partial charge in [-0.3, -0.25) is 4.79 Å². The zero-order valence-corrected chi connectivity index (χ0v) is 9.71. The van der Waals surface area contributed by atoms with Gasteiger partial charge in [0.2, 0.25) is 6.79 Å². The molecule has 1 aromatic carbocycles. The van der Waals surface area contributed by atoms with Gasteiger partial charge >= 0.3 is 6.18 Å². The summed E-state index contributed by atoms with van der Waals surface area (Å²) in [5.41, 5.74) is 5.81. The summed E-state index contributed by atoms with van der Waals surface area (Å²) in [5, 5.41) is 2.15. The lowest BCUT2D eigenvalue weighted by Crippen LogP contribution is -2.28. The summed E-state index contributed by atoms with van der Waals surface area (Å²) in [6, 6.07) is 2.75. The van der Waals surface area contributed by atoms with Crippen LogP contribution in [-0.4, -0.2) is 25.4 Å². The fourth-order valence-electron chi connectivity index (χ4n) is 1.57. The van der Waals surface area contributed by atoms with Crippen molar-refractivity contribution in [1.29, 1.82) is 0 Å². The molecule has 3 N–H and O–H groups in total. The second-order valence-corrected chi connectivity index (χ2v) is 3.91. The fraction of sp³-hybridized carbons (Fsp3) is 0.364. The molecule has 0 aromatic heterocycles. The average Bonchev–Trinajstić information content (AvgIpc) is 2.72. The molecule has 0 saturated heterocycles. The highest BCUT2D eigenvalue weighted by Crippen LogP contribution is 2.35. The van der Waals surface area contributed by atoms with Crippen LogP contribution in [0.1, 0.15) is 16.8 Å². The van der Waals surface area contributed by atoms with Crippen molar-refractivity contribution in [1.82, 2.24) is 5.32 Å². The van der Waals surface area contributed by atoms with E-state index in [4.69, 9.17) is 15.2 Å². The predicted octanol–water partition coefficient (Wildman–Crippen LogP) is 1.68. The average molecular weight is 276 g/mol. The summed E-state index contributed by atoms with van der Waals surface area (Å²) in [6.45, 7) is -0.482. The number of rotatable bonds is 3. The summed E-state index contributed by atoms with van der Waals surface area (Å²) >= 11 is 0. The molecule has 0 aliphatic carbocycles. The molecule has 8 heteroatoms. The molecular formula is C11H11F3N2O3. The first-order chi connectivity index (χ1) is 8.87. The van der Waals surface area contributed by atoms with Gasteiger partial charge in [-0.1, -0.05) is 0 Å². The summed E-state index contributed by atoms with van der Waals surface area (Å²) in [6.07, 6.45) is -5.41. The smallest absolute Gasteiger partial charge is 0.390 e. The first kappa shape index (κ1) is 13.3. The Balaban J connectivity index is 2.03. The Hall–Kier alpha value is -2.12. The molecule has 0 bridgehead atoms. The second-order valence-electron chi connectivity index (χ2n) is 3.91. The Morgan fingerprint density at radius 1 is 1.32 bits per heavy atom. The minimum Gasteiger partial charge on any atom is -0.454 e. The van der Waals surface area contributed by atoms with Gasteiger partial charge in [0.05, 0.1) is 12.0 Å². The number of nitrogen functional groups attached to an aromatic ring is 1. The lowest BCUT2D eigenvalue weighted by molar-refractivity contribution is -0.132. The number of carbonyl (C=O) groups is 1. The Labute approximate surface area is 106 Å². The number of hydrogen-bond acceptors (Lipinski definition) is 4. The van der Waals surface area contributed by atoms with Crippen molar-refractivity contribution in [2.75, 3.05) is 19.1 Å². The number of anilines is 1. The highest BCUT2D eigenvalue weighted by Gasteiger charge is 2.27. The minimum atomic E-state index is -4.31. The molecule has 104 valence electrons. The van der Waals surface area contributed by atoms with Crippen LogP contribution >= 0.6 is 0 Å². The van der Waals surface area contributed by atoms with Crippen LogP contribution in [0.25, 0.3) is 0 Å². The molecule has 1 amide bonds. The largest absolute Gasteiger partial charge is 0.454 e. The van der Waals surface area contributed by atoms with Gasteiger partial charge in [0.15, 0.2) is 11.5 Å². The Morgan fingerprint density at radius 3 is 2.58 bits per heavy atom. The van der Waals surface area contributed by atoms with E-state index in [9.17, 15) is 18.0 Å². The number of ether oxygens (including phenoxy) is 2. The van der Waals surface area contributed by atoms with E-state index in [1.165, 1.54) is 12.1 Å². The molecule has 0 fully saturated rings. The molecule has 0 radical (unpaired) electrons. The minimum absolute atomic E-state index is 0.0217. The van der Waals surface area contributed by atoms with Gasteiger partial charge in [-0.05, 0) is 6.07 Å². The maximum atomic E-state index is 12.0. The number of alkyl halides is 3. The first-order valence-corrected chi connectivity index (χ1v) is 5.41. The van der Waals surface area contributed by atoms with Crippen LogP contribution in [0.5, 0.6) is 11.5 Å². The molecule has 1 heterocycles. The van der Waals surface area contributed by atoms with Crippen molar-refractivity contribution in [3.05, 3.63) is 17.7 Å². The lowest BCUT2D eigenvalue weighted by Gasteiger charge is -2.10. The molecule has 0 atom stereocenters. The lowest BCUT2D eigenvalue weighted by atomic mass is 10.1. The first-order valence-electron chi connectivity index (χ1n) is 5.41. The summed E-state index contributed by atoms with van der Waals surface area (Å²) < 4.78 is 46.0. The van der Waals surface area contributed by atoms with Gasteiger partial charge in [0.1, 0.15) is 0 Å². The summed E-state index contributed by atoms with van der Waals surface area (Å²) in [4.78, 5) is 11.7. The van der Waals surface area contributed by atoms with Gasteiger partial charge < -0.3 is 20.5 Å². The molecule has 1 aliphatic heterocycles. The number of nitrogens with two attached hydrogens (primary N) is 1. The number of hydrogen-bond donors (Lipinski definition) is 2. The SMILES string of the molecule is Nc1cc2c(cc1C(=O)NCCC(F)(F)F)OCO2. The number of amides is 1. The molecular weight excluding hydrogens is 265 g/mol. The van der Waals surface area contributed by atoms with E-state index < -0.39 is 25.0 Å². The van der Waals surface area contributed by atoms with E-state index in [-0.39, 0.29) is 18.0 Å². The van der Waals surface area contributed by atoms with Crippen LogP contribution in [0.4, 0.5) is 18.9 Å². The maximum absolute atomic E-state index is 12.0. The van der Waals surface area contributed by atoms with E-state index in [2.05, 4.69) is 5.32 Å². The molecule has 1 aliphatic rings. The van der Waals surface area contributed by atoms with Crippen molar-refractivity contribution >= 4 is 11.6 Å². The highest BCUT2D eigenvalue weighted by molar-refractivity contribution is 6.00. The number of benzene rings is 1. The Kier molecular flexibility index (Phi) is 3.41. The quantitative estimate of drug-likeness (QED) is 0.824. The number of halogens is 3. The number of carbonyl (C=O) groups excluding carboxylic acids is 1. The van der Waals surface area contributed by atoms with Crippen molar-refractivity contribution in [3.8, 4) is 11.5 Å². The van der Waals surface area contributed by atoms with Crippen molar-refractivity contribution in [3.63, 3.8) is 0 Å². The van der Waals surface area contributed by atoms with Crippen LogP contribution in [0.3, 0.4) is 0 Å². The summed E-state index contributed by atoms with van der Waals surface area (Å²) in [5.74, 6) is 0.0690. The standard InChI is InChI=1S/C11H11F3N2O3/c12-11(13,14)1-2-16-10(17)6-3-8-9(4-7(6)15)19-5-18-8/h3-4H,1-2,5,15H2,(H,16,17). The fourth-order valence-corrected chi connectivity index (χ4v) is 1.57.